The molecule has 0 aliphatic rings. The van der Waals surface area contributed by atoms with Crippen LogP contribution in [-0.2, 0) is 6.18 Å². The Labute approximate surface area is 102 Å². The lowest BCUT2D eigenvalue weighted by Crippen LogP contribution is -2.25. The third-order valence-electron chi connectivity index (χ3n) is 2.44. The van der Waals surface area contributed by atoms with E-state index in [1.807, 2.05) is 0 Å². The minimum absolute atomic E-state index is 0.0206. The van der Waals surface area contributed by atoms with Crippen molar-refractivity contribution in [2.45, 2.75) is 20.0 Å². The van der Waals surface area contributed by atoms with Crippen LogP contribution in [0.15, 0.2) is 12.1 Å². The number of rotatable bonds is 4. The Morgan fingerprint density at radius 2 is 1.89 bits per heavy atom. The van der Waals surface area contributed by atoms with Gasteiger partial charge < -0.3 is 10.0 Å². The highest BCUT2D eigenvalue weighted by atomic mass is 19.4. The highest BCUT2D eigenvalue weighted by Crippen LogP contribution is 2.30. The quantitative estimate of drug-likeness (QED) is 0.906. The fourth-order valence-corrected chi connectivity index (χ4v) is 1.49. The maximum Gasteiger partial charge on any atom is 0.433 e. The van der Waals surface area contributed by atoms with Crippen LogP contribution in [-0.4, -0.2) is 29.1 Å². The van der Waals surface area contributed by atoms with Gasteiger partial charge in [-0.1, -0.05) is 0 Å². The number of aromatic nitrogens is 1. The summed E-state index contributed by atoms with van der Waals surface area (Å²) in [5, 5.41) is 8.81. The van der Waals surface area contributed by atoms with Crippen LogP contribution >= 0.6 is 0 Å². The summed E-state index contributed by atoms with van der Waals surface area (Å²) < 4.78 is 37.8. The molecule has 0 amide bonds. The molecule has 7 heteroatoms. The fraction of sp³-hybridized carbons (Fsp3) is 0.455. The highest BCUT2D eigenvalue weighted by Gasteiger charge is 2.34. The topological polar surface area (TPSA) is 53.4 Å². The van der Waals surface area contributed by atoms with Crippen molar-refractivity contribution in [2.75, 3.05) is 18.0 Å². The number of pyridine rings is 1. The molecule has 1 N–H and O–H groups in total. The van der Waals surface area contributed by atoms with Crippen molar-refractivity contribution >= 4 is 11.8 Å². The van der Waals surface area contributed by atoms with E-state index in [0.717, 1.165) is 6.07 Å². The lowest BCUT2D eigenvalue weighted by atomic mass is 10.2. The van der Waals surface area contributed by atoms with Gasteiger partial charge in [0.25, 0.3) is 0 Å². The normalized spacial score (nSPS) is 11.4. The first-order valence-electron chi connectivity index (χ1n) is 5.37. The van der Waals surface area contributed by atoms with Gasteiger partial charge in [-0.3, -0.25) is 0 Å². The van der Waals surface area contributed by atoms with E-state index in [1.54, 1.807) is 18.7 Å². The van der Waals surface area contributed by atoms with Crippen LogP contribution in [0.5, 0.6) is 0 Å². The molecule has 1 aromatic rings. The van der Waals surface area contributed by atoms with Gasteiger partial charge in [0.15, 0.2) is 0 Å². The number of hydrogen-bond donors (Lipinski definition) is 1. The summed E-state index contributed by atoms with van der Waals surface area (Å²) in [7, 11) is 0. The average molecular weight is 262 g/mol. The molecule has 0 saturated carbocycles. The smallest absolute Gasteiger partial charge is 0.433 e. The lowest BCUT2D eigenvalue weighted by Gasteiger charge is -2.21. The monoisotopic (exact) mass is 262 g/mol. The molecule has 4 nitrogen and oxygen atoms in total. The molecule has 0 saturated heterocycles. The minimum atomic E-state index is -4.66. The molecule has 0 aliphatic heterocycles. The highest BCUT2D eigenvalue weighted by molar-refractivity contribution is 5.88. The molecular formula is C11H13F3N2O2. The number of halogens is 3. The second-order valence-electron chi connectivity index (χ2n) is 3.57. The predicted octanol–water partition coefficient (Wildman–Crippen LogP) is 2.64. The van der Waals surface area contributed by atoms with E-state index in [2.05, 4.69) is 4.98 Å². The van der Waals surface area contributed by atoms with Crippen LogP contribution < -0.4 is 4.90 Å². The van der Waals surface area contributed by atoms with Crippen molar-refractivity contribution in [1.29, 1.82) is 0 Å². The van der Waals surface area contributed by atoms with Gasteiger partial charge in [0.2, 0.25) is 0 Å². The maximum absolute atomic E-state index is 12.6. The second-order valence-corrected chi connectivity index (χ2v) is 3.57. The SMILES string of the molecule is CCN(CC)c1cc(C(=O)O)cc(C(F)(F)F)n1. The van der Waals surface area contributed by atoms with Gasteiger partial charge in [-0.15, -0.1) is 0 Å². The molecule has 1 aromatic heterocycles. The zero-order chi connectivity index (χ0) is 13.9. The first-order chi connectivity index (χ1) is 8.29. The summed E-state index contributed by atoms with van der Waals surface area (Å²) in [6.45, 7) is 4.41. The summed E-state index contributed by atoms with van der Waals surface area (Å²) in [6.07, 6.45) is -4.66. The van der Waals surface area contributed by atoms with E-state index in [1.165, 1.54) is 0 Å². The molecule has 1 heterocycles. The Hall–Kier alpha value is -1.79. The van der Waals surface area contributed by atoms with E-state index in [9.17, 15) is 18.0 Å². The van der Waals surface area contributed by atoms with Gasteiger partial charge >= 0.3 is 12.1 Å². The first kappa shape index (κ1) is 14.3. The Bertz CT molecular complexity index is 442. The minimum Gasteiger partial charge on any atom is -0.478 e. The lowest BCUT2D eigenvalue weighted by molar-refractivity contribution is -0.141. The summed E-state index contributed by atoms with van der Waals surface area (Å²) in [5.41, 5.74) is -1.61. The van der Waals surface area contributed by atoms with Crippen molar-refractivity contribution in [1.82, 2.24) is 4.98 Å². The van der Waals surface area contributed by atoms with Crippen molar-refractivity contribution < 1.29 is 23.1 Å². The largest absolute Gasteiger partial charge is 0.478 e. The molecular weight excluding hydrogens is 249 g/mol. The van der Waals surface area contributed by atoms with E-state index in [0.29, 0.717) is 19.2 Å². The molecule has 0 bridgehead atoms. The van der Waals surface area contributed by atoms with Crippen LogP contribution in [0.4, 0.5) is 19.0 Å². The zero-order valence-electron chi connectivity index (χ0n) is 9.95. The third kappa shape index (κ3) is 3.12. The summed E-state index contributed by atoms with van der Waals surface area (Å²) >= 11 is 0. The molecule has 0 unspecified atom stereocenters. The van der Waals surface area contributed by atoms with Crippen LogP contribution in [0, 0.1) is 0 Å². The van der Waals surface area contributed by atoms with Crippen LogP contribution in [0.1, 0.15) is 29.9 Å². The van der Waals surface area contributed by atoms with Crippen LogP contribution in [0.2, 0.25) is 0 Å². The standard InChI is InChI=1S/C11H13F3N2O2/c1-3-16(4-2)9-6-7(10(17)18)5-8(15-9)11(12,13)14/h5-6H,3-4H2,1-2H3,(H,17,18). The van der Waals surface area contributed by atoms with Gasteiger partial charge in [-0.25, -0.2) is 9.78 Å². The fourth-order valence-electron chi connectivity index (χ4n) is 1.49. The van der Waals surface area contributed by atoms with Gasteiger partial charge in [-0.05, 0) is 26.0 Å². The summed E-state index contributed by atoms with van der Waals surface area (Å²) in [5.74, 6) is -1.39. The number of aromatic carboxylic acids is 1. The zero-order valence-corrected chi connectivity index (χ0v) is 9.95. The molecule has 1 rings (SSSR count). The molecule has 18 heavy (non-hydrogen) atoms. The average Bonchev–Trinajstić information content (AvgIpc) is 2.29. The molecule has 0 atom stereocenters. The molecule has 0 aliphatic carbocycles. The van der Waals surface area contributed by atoms with Crippen molar-refractivity contribution in [3.63, 3.8) is 0 Å². The molecule has 0 spiro atoms. The number of carboxylic acids is 1. The number of carboxylic acid groups (broad SMARTS) is 1. The number of alkyl halides is 3. The van der Waals surface area contributed by atoms with E-state index in [4.69, 9.17) is 5.11 Å². The van der Waals surface area contributed by atoms with Gasteiger partial charge in [0.1, 0.15) is 11.5 Å². The van der Waals surface area contributed by atoms with Crippen molar-refractivity contribution in [3.05, 3.63) is 23.4 Å². The molecule has 0 fully saturated rings. The Morgan fingerprint density at radius 3 is 2.28 bits per heavy atom. The summed E-state index contributed by atoms with van der Waals surface area (Å²) in [4.78, 5) is 15.8. The Kier molecular flexibility index (Phi) is 4.15. The number of nitrogens with zero attached hydrogens (tertiary/aromatic N) is 2. The van der Waals surface area contributed by atoms with Gasteiger partial charge in [-0.2, -0.15) is 13.2 Å². The predicted molar refractivity (Wildman–Crippen MR) is 59.8 cm³/mol. The number of hydrogen-bond acceptors (Lipinski definition) is 3. The van der Waals surface area contributed by atoms with Gasteiger partial charge in [0, 0.05) is 13.1 Å². The summed E-state index contributed by atoms with van der Waals surface area (Å²) in [6, 6.07) is 1.68. The molecule has 100 valence electrons. The van der Waals surface area contributed by atoms with Crippen LogP contribution in [0.25, 0.3) is 0 Å². The Balaban J connectivity index is 3.35. The molecule has 0 radical (unpaired) electrons. The number of anilines is 1. The Morgan fingerprint density at radius 1 is 1.33 bits per heavy atom. The molecule has 0 aromatic carbocycles. The van der Waals surface area contributed by atoms with Crippen molar-refractivity contribution in [2.24, 2.45) is 0 Å². The van der Waals surface area contributed by atoms with Crippen molar-refractivity contribution in [3.8, 4) is 0 Å². The third-order valence-corrected chi connectivity index (χ3v) is 2.44. The van der Waals surface area contributed by atoms with E-state index >= 15 is 0 Å². The maximum atomic E-state index is 12.6. The van der Waals surface area contributed by atoms with E-state index < -0.39 is 23.4 Å². The van der Waals surface area contributed by atoms with Crippen LogP contribution in [0.3, 0.4) is 0 Å². The second kappa shape index (κ2) is 5.24. The first-order valence-corrected chi connectivity index (χ1v) is 5.37. The van der Waals surface area contributed by atoms with E-state index in [-0.39, 0.29) is 5.82 Å². The number of carbonyl (C=O) groups is 1. The van der Waals surface area contributed by atoms with Gasteiger partial charge in [0.05, 0.1) is 5.56 Å².